The van der Waals surface area contributed by atoms with Crippen LogP contribution in [-0.2, 0) is 14.3 Å². The summed E-state index contributed by atoms with van der Waals surface area (Å²) in [5.41, 5.74) is 0.878. The number of anilines is 1. The van der Waals surface area contributed by atoms with Gasteiger partial charge in [-0.25, -0.2) is 9.97 Å². The monoisotopic (exact) mass is 289 g/mol. The SMILES string of the molecule is COCCN(CCC(=O)OC)c1ncnc2ccccc12. The zero-order valence-electron chi connectivity index (χ0n) is 12.3. The van der Waals surface area contributed by atoms with Crippen molar-refractivity contribution in [1.29, 1.82) is 0 Å². The van der Waals surface area contributed by atoms with E-state index in [1.165, 1.54) is 13.4 Å². The van der Waals surface area contributed by atoms with Crippen molar-refractivity contribution >= 4 is 22.7 Å². The van der Waals surface area contributed by atoms with Crippen LogP contribution in [0.1, 0.15) is 6.42 Å². The summed E-state index contributed by atoms with van der Waals surface area (Å²) in [6.07, 6.45) is 1.84. The van der Waals surface area contributed by atoms with Gasteiger partial charge in [0, 0.05) is 25.6 Å². The molecule has 0 atom stereocenters. The molecular formula is C15H19N3O3. The second-order valence-electron chi connectivity index (χ2n) is 4.52. The van der Waals surface area contributed by atoms with Gasteiger partial charge in [-0.2, -0.15) is 0 Å². The zero-order valence-corrected chi connectivity index (χ0v) is 12.3. The van der Waals surface area contributed by atoms with E-state index in [1.807, 2.05) is 29.2 Å². The number of esters is 1. The average Bonchev–Trinajstić information content (AvgIpc) is 2.54. The fourth-order valence-corrected chi connectivity index (χ4v) is 2.10. The standard InChI is InChI=1S/C15H19N3O3/c1-20-10-9-18(8-7-14(19)21-2)15-12-5-3-4-6-13(12)16-11-17-15/h3-6,11H,7-10H2,1-2H3. The normalized spacial score (nSPS) is 10.6. The highest BCUT2D eigenvalue weighted by molar-refractivity contribution is 5.89. The van der Waals surface area contributed by atoms with Crippen molar-refractivity contribution in [2.24, 2.45) is 0 Å². The minimum atomic E-state index is -0.240. The molecule has 0 fully saturated rings. The Hall–Kier alpha value is -2.21. The van der Waals surface area contributed by atoms with Gasteiger partial charge in [0.2, 0.25) is 0 Å². The van der Waals surface area contributed by atoms with Crippen LogP contribution in [0.2, 0.25) is 0 Å². The maximum Gasteiger partial charge on any atom is 0.307 e. The molecule has 6 heteroatoms. The van der Waals surface area contributed by atoms with Gasteiger partial charge < -0.3 is 14.4 Å². The number of nitrogens with zero attached hydrogens (tertiary/aromatic N) is 3. The number of benzene rings is 1. The van der Waals surface area contributed by atoms with Gasteiger partial charge in [0.1, 0.15) is 12.1 Å². The third-order valence-electron chi connectivity index (χ3n) is 3.20. The Morgan fingerprint density at radius 1 is 1.19 bits per heavy atom. The Balaban J connectivity index is 2.27. The van der Waals surface area contributed by atoms with E-state index in [4.69, 9.17) is 9.47 Å². The Labute approximate surface area is 123 Å². The van der Waals surface area contributed by atoms with Crippen molar-refractivity contribution in [3.8, 4) is 0 Å². The van der Waals surface area contributed by atoms with E-state index in [-0.39, 0.29) is 5.97 Å². The summed E-state index contributed by atoms with van der Waals surface area (Å²) in [6, 6.07) is 7.80. The lowest BCUT2D eigenvalue weighted by molar-refractivity contribution is -0.140. The molecule has 0 spiro atoms. The molecule has 2 rings (SSSR count). The van der Waals surface area contributed by atoms with Crippen LogP contribution in [0.3, 0.4) is 0 Å². The lowest BCUT2D eigenvalue weighted by atomic mass is 10.2. The predicted molar refractivity (Wildman–Crippen MR) is 80.3 cm³/mol. The van der Waals surface area contributed by atoms with Crippen LogP contribution in [0, 0.1) is 0 Å². The van der Waals surface area contributed by atoms with E-state index >= 15 is 0 Å². The van der Waals surface area contributed by atoms with Crippen molar-refractivity contribution in [3.63, 3.8) is 0 Å². The summed E-state index contributed by atoms with van der Waals surface area (Å²) in [5.74, 6) is 0.567. The number of ether oxygens (including phenoxy) is 2. The van der Waals surface area contributed by atoms with Crippen LogP contribution in [0.4, 0.5) is 5.82 Å². The number of aromatic nitrogens is 2. The molecule has 1 aromatic carbocycles. The summed E-state index contributed by atoms with van der Waals surface area (Å²) >= 11 is 0. The summed E-state index contributed by atoms with van der Waals surface area (Å²) in [7, 11) is 3.04. The number of carbonyl (C=O) groups is 1. The molecule has 0 radical (unpaired) electrons. The first kappa shape index (κ1) is 15.2. The molecule has 0 aliphatic heterocycles. The molecule has 0 saturated heterocycles. The predicted octanol–water partition coefficient (Wildman–Crippen LogP) is 1.65. The number of fused-ring (bicyclic) bond motifs is 1. The molecule has 0 aliphatic carbocycles. The van der Waals surface area contributed by atoms with Gasteiger partial charge in [-0.15, -0.1) is 0 Å². The van der Waals surface area contributed by atoms with Crippen molar-refractivity contribution in [2.45, 2.75) is 6.42 Å². The minimum absolute atomic E-state index is 0.240. The molecule has 6 nitrogen and oxygen atoms in total. The maximum absolute atomic E-state index is 11.4. The lowest BCUT2D eigenvalue weighted by Crippen LogP contribution is -2.30. The van der Waals surface area contributed by atoms with E-state index in [0.717, 1.165) is 16.7 Å². The van der Waals surface area contributed by atoms with Crippen LogP contribution in [0.25, 0.3) is 10.9 Å². The number of carbonyl (C=O) groups excluding carboxylic acids is 1. The third kappa shape index (κ3) is 3.88. The number of hydrogen-bond acceptors (Lipinski definition) is 6. The molecule has 1 heterocycles. The van der Waals surface area contributed by atoms with E-state index in [1.54, 1.807) is 7.11 Å². The first-order valence-electron chi connectivity index (χ1n) is 6.76. The molecule has 0 bridgehead atoms. The van der Waals surface area contributed by atoms with Gasteiger partial charge in [-0.05, 0) is 12.1 Å². The van der Waals surface area contributed by atoms with Crippen molar-refractivity contribution < 1.29 is 14.3 Å². The van der Waals surface area contributed by atoms with E-state index < -0.39 is 0 Å². The van der Waals surface area contributed by atoms with Gasteiger partial charge in [-0.3, -0.25) is 4.79 Å². The summed E-state index contributed by atoms with van der Waals surface area (Å²) in [6.45, 7) is 1.73. The largest absolute Gasteiger partial charge is 0.469 e. The Morgan fingerprint density at radius 2 is 2.00 bits per heavy atom. The molecule has 2 aromatic rings. The van der Waals surface area contributed by atoms with Crippen LogP contribution in [0.15, 0.2) is 30.6 Å². The second-order valence-corrected chi connectivity index (χ2v) is 4.52. The lowest BCUT2D eigenvalue weighted by Gasteiger charge is -2.24. The minimum Gasteiger partial charge on any atom is -0.469 e. The number of para-hydroxylation sites is 1. The number of hydrogen-bond donors (Lipinski definition) is 0. The third-order valence-corrected chi connectivity index (χ3v) is 3.20. The fraction of sp³-hybridized carbons (Fsp3) is 0.400. The summed E-state index contributed by atoms with van der Waals surface area (Å²) in [4.78, 5) is 22.0. The maximum atomic E-state index is 11.4. The molecule has 0 unspecified atom stereocenters. The first-order chi connectivity index (χ1) is 10.3. The van der Waals surface area contributed by atoms with Crippen LogP contribution < -0.4 is 4.90 Å². The highest BCUT2D eigenvalue weighted by Gasteiger charge is 2.13. The number of methoxy groups -OCH3 is 2. The van der Waals surface area contributed by atoms with Crippen LogP contribution >= 0.6 is 0 Å². The molecule has 21 heavy (non-hydrogen) atoms. The van der Waals surface area contributed by atoms with Crippen LogP contribution in [0.5, 0.6) is 0 Å². The van der Waals surface area contributed by atoms with Gasteiger partial charge in [0.25, 0.3) is 0 Å². The van der Waals surface area contributed by atoms with Gasteiger partial charge in [0.05, 0.1) is 25.7 Å². The zero-order chi connectivity index (χ0) is 15.1. The van der Waals surface area contributed by atoms with Gasteiger partial charge in [-0.1, -0.05) is 12.1 Å². The first-order valence-corrected chi connectivity index (χ1v) is 6.76. The summed E-state index contributed by atoms with van der Waals surface area (Å²) in [5, 5.41) is 0.959. The van der Waals surface area contributed by atoms with E-state index in [2.05, 4.69) is 9.97 Å². The molecule has 0 N–H and O–H groups in total. The average molecular weight is 289 g/mol. The Morgan fingerprint density at radius 3 is 2.76 bits per heavy atom. The summed E-state index contributed by atoms with van der Waals surface area (Å²) < 4.78 is 9.84. The quantitative estimate of drug-likeness (QED) is 0.722. The molecule has 0 saturated carbocycles. The fourth-order valence-electron chi connectivity index (χ4n) is 2.10. The molecule has 1 aromatic heterocycles. The molecule has 0 aliphatic rings. The van der Waals surface area contributed by atoms with E-state index in [0.29, 0.717) is 26.1 Å². The molecule has 112 valence electrons. The van der Waals surface area contributed by atoms with Crippen LogP contribution in [-0.4, -0.2) is 49.9 Å². The smallest absolute Gasteiger partial charge is 0.307 e. The second kappa shape index (κ2) is 7.54. The van der Waals surface area contributed by atoms with Crippen molar-refractivity contribution in [2.75, 3.05) is 38.8 Å². The Kier molecular flexibility index (Phi) is 5.45. The van der Waals surface area contributed by atoms with E-state index in [9.17, 15) is 4.79 Å². The van der Waals surface area contributed by atoms with Crippen molar-refractivity contribution in [1.82, 2.24) is 9.97 Å². The van der Waals surface area contributed by atoms with Crippen molar-refractivity contribution in [3.05, 3.63) is 30.6 Å². The van der Waals surface area contributed by atoms with Gasteiger partial charge in [0.15, 0.2) is 0 Å². The van der Waals surface area contributed by atoms with Gasteiger partial charge >= 0.3 is 5.97 Å². The Bertz CT molecular complexity index is 598. The highest BCUT2D eigenvalue weighted by atomic mass is 16.5. The molecule has 0 amide bonds. The number of rotatable bonds is 7. The molecular weight excluding hydrogens is 270 g/mol. The highest BCUT2D eigenvalue weighted by Crippen LogP contribution is 2.22. The topological polar surface area (TPSA) is 64.5 Å².